The maximum absolute atomic E-state index is 14.1. The van der Waals surface area contributed by atoms with Crippen LogP contribution in [0.15, 0.2) is 71.3 Å². The van der Waals surface area contributed by atoms with Gasteiger partial charge in [-0.2, -0.15) is 0 Å². The molecule has 6 rings (SSSR count). The van der Waals surface area contributed by atoms with Crippen molar-refractivity contribution in [2.24, 2.45) is 11.8 Å². The predicted molar refractivity (Wildman–Crippen MR) is 145 cm³/mol. The number of methoxy groups -OCH3 is 1. The lowest BCUT2D eigenvalue weighted by molar-refractivity contribution is -0.123. The van der Waals surface area contributed by atoms with Crippen LogP contribution in [0.25, 0.3) is 6.08 Å². The number of halogens is 3. The predicted octanol–water partition coefficient (Wildman–Crippen LogP) is 6.16. The number of Topliss-reactive ketones (excluding diaryl/α,β-unsaturated/α-hetero) is 1. The summed E-state index contributed by atoms with van der Waals surface area (Å²) in [6, 6.07) is 16.0. The summed E-state index contributed by atoms with van der Waals surface area (Å²) in [4.78, 5) is 45.0. The summed E-state index contributed by atoms with van der Waals surface area (Å²) in [6.07, 6.45) is 3.74. The standard InChI is InChI=1S/C28H19BrCl2N2O4/c1-37-21-7-6-15(10-20(21)29)26(34)25-23-22(24-19-5-3-2-4-14(19)8-9-32(24)25)27(35)33(28(23)36)18-12-16(30)11-17(31)13-18/h2-13,22-25H,1H3/t22-,23+,24+,25-/m1/s1. The number of fused-ring (bicyclic) bond motifs is 5. The van der Waals surface area contributed by atoms with Gasteiger partial charge in [0.15, 0.2) is 5.78 Å². The highest BCUT2D eigenvalue weighted by molar-refractivity contribution is 9.10. The second kappa shape index (κ2) is 9.01. The number of amides is 2. The summed E-state index contributed by atoms with van der Waals surface area (Å²) in [5.41, 5.74) is 2.56. The molecule has 0 aromatic heterocycles. The number of rotatable bonds is 4. The Morgan fingerprint density at radius 3 is 2.35 bits per heavy atom. The van der Waals surface area contributed by atoms with Gasteiger partial charge in [0.2, 0.25) is 11.8 Å². The number of ether oxygens (including phenoxy) is 1. The number of hydrogen-bond acceptors (Lipinski definition) is 5. The van der Waals surface area contributed by atoms with E-state index in [-0.39, 0.29) is 11.7 Å². The van der Waals surface area contributed by atoms with Gasteiger partial charge in [0.25, 0.3) is 0 Å². The number of benzene rings is 3. The second-order valence-electron chi connectivity index (χ2n) is 9.19. The number of anilines is 1. The molecule has 0 saturated carbocycles. The highest BCUT2D eigenvalue weighted by atomic mass is 79.9. The monoisotopic (exact) mass is 596 g/mol. The zero-order valence-electron chi connectivity index (χ0n) is 19.4. The van der Waals surface area contributed by atoms with Crippen LogP contribution in [-0.4, -0.2) is 35.6 Å². The Bertz CT molecular complexity index is 1500. The molecule has 37 heavy (non-hydrogen) atoms. The van der Waals surface area contributed by atoms with E-state index in [0.717, 1.165) is 16.0 Å². The molecule has 3 aromatic carbocycles. The number of ketones is 1. The van der Waals surface area contributed by atoms with Gasteiger partial charge in [-0.3, -0.25) is 14.4 Å². The smallest absolute Gasteiger partial charge is 0.240 e. The van der Waals surface area contributed by atoms with E-state index in [0.29, 0.717) is 31.5 Å². The molecule has 0 unspecified atom stereocenters. The molecule has 0 N–H and O–H groups in total. The molecule has 186 valence electrons. The van der Waals surface area contributed by atoms with Crippen molar-refractivity contribution in [1.82, 2.24) is 4.90 Å². The summed E-state index contributed by atoms with van der Waals surface area (Å²) in [7, 11) is 1.54. The van der Waals surface area contributed by atoms with Crippen molar-refractivity contribution in [1.29, 1.82) is 0 Å². The van der Waals surface area contributed by atoms with Gasteiger partial charge in [-0.15, -0.1) is 0 Å². The van der Waals surface area contributed by atoms with Crippen molar-refractivity contribution in [2.45, 2.75) is 12.1 Å². The van der Waals surface area contributed by atoms with Gasteiger partial charge in [-0.05, 0) is 69.5 Å². The fourth-order valence-corrected chi connectivity index (χ4v) is 6.83. The molecule has 0 aliphatic carbocycles. The zero-order chi connectivity index (χ0) is 26.0. The van der Waals surface area contributed by atoms with Gasteiger partial charge >= 0.3 is 0 Å². The second-order valence-corrected chi connectivity index (χ2v) is 10.9. The zero-order valence-corrected chi connectivity index (χ0v) is 22.5. The van der Waals surface area contributed by atoms with Gasteiger partial charge in [0.05, 0.1) is 35.1 Å². The van der Waals surface area contributed by atoms with Gasteiger partial charge < -0.3 is 9.64 Å². The van der Waals surface area contributed by atoms with Crippen LogP contribution >= 0.6 is 39.1 Å². The minimum atomic E-state index is -0.889. The topological polar surface area (TPSA) is 66.9 Å². The first-order valence-corrected chi connectivity index (χ1v) is 13.1. The van der Waals surface area contributed by atoms with E-state index in [2.05, 4.69) is 15.9 Å². The third-order valence-electron chi connectivity index (χ3n) is 7.27. The number of carbonyl (C=O) groups is 3. The molecule has 4 atom stereocenters. The molecule has 0 bridgehead atoms. The third-order valence-corrected chi connectivity index (χ3v) is 8.33. The Morgan fingerprint density at radius 2 is 1.65 bits per heavy atom. The van der Waals surface area contributed by atoms with Crippen LogP contribution in [0.5, 0.6) is 5.75 Å². The van der Waals surface area contributed by atoms with E-state index in [9.17, 15) is 14.4 Å². The van der Waals surface area contributed by atoms with Crippen molar-refractivity contribution >= 4 is 68.5 Å². The van der Waals surface area contributed by atoms with Crippen LogP contribution in [0.3, 0.4) is 0 Å². The first kappa shape index (κ1) is 24.2. The van der Waals surface area contributed by atoms with Crippen molar-refractivity contribution < 1.29 is 19.1 Å². The molecule has 9 heteroatoms. The molecule has 6 nitrogen and oxygen atoms in total. The maximum Gasteiger partial charge on any atom is 0.240 e. The fraction of sp³-hybridized carbons (Fsp3) is 0.179. The molecule has 3 aromatic rings. The van der Waals surface area contributed by atoms with Crippen LogP contribution in [0.4, 0.5) is 5.69 Å². The van der Waals surface area contributed by atoms with Crippen LogP contribution in [-0.2, 0) is 9.59 Å². The summed E-state index contributed by atoms with van der Waals surface area (Å²) in [5.74, 6) is -2.13. The van der Waals surface area contributed by atoms with Crippen LogP contribution in [0.2, 0.25) is 10.0 Å². The van der Waals surface area contributed by atoms with Gasteiger partial charge in [0, 0.05) is 21.8 Å². The van der Waals surface area contributed by atoms with Crippen molar-refractivity contribution in [3.8, 4) is 5.75 Å². The van der Waals surface area contributed by atoms with Gasteiger partial charge in [-0.25, -0.2) is 4.90 Å². The number of nitrogens with zero attached hydrogens (tertiary/aromatic N) is 2. The molecular weight excluding hydrogens is 579 g/mol. The molecule has 2 saturated heterocycles. The Morgan fingerprint density at radius 1 is 0.946 bits per heavy atom. The SMILES string of the molecule is COc1ccc(C(=O)[C@H]2[C@H]3C(=O)N(c4cc(Cl)cc(Cl)c4)C(=O)[C@H]3[C@@H]3c4ccccc4C=CN23)cc1Br. The van der Waals surface area contributed by atoms with E-state index in [1.54, 1.807) is 25.3 Å². The normalized spacial score (nSPS) is 23.7. The summed E-state index contributed by atoms with van der Waals surface area (Å²) in [6.45, 7) is 0. The average Bonchev–Trinajstić information content (AvgIpc) is 3.35. The van der Waals surface area contributed by atoms with E-state index in [4.69, 9.17) is 27.9 Å². The van der Waals surface area contributed by atoms with E-state index >= 15 is 0 Å². The van der Waals surface area contributed by atoms with E-state index in [1.165, 1.54) is 18.2 Å². The van der Waals surface area contributed by atoms with Crippen LogP contribution in [0, 0.1) is 11.8 Å². The van der Waals surface area contributed by atoms with Crippen molar-refractivity contribution in [3.63, 3.8) is 0 Å². The minimum absolute atomic E-state index is 0.253. The average molecular weight is 598 g/mol. The highest BCUT2D eigenvalue weighted by Gasteiger charge is 2.64. The summed E-state index contributed by atoms with van der Waals surface area (Å²) < 4.78 is 5.93. The molecular formula is C28H19BrCl2N2O4. The molecule has 3 aliphatic rings. The Labute approximate surface area is 231 Å². The molecule has 0 radical (unpaired) electrons. The molecule has 2 amide bonds. The lowest BCUT2D eigenvalue weighted by atomic mass is 9.83. The first-order chi connectivity index (χ1) is 17.8. The number of carbonyl (C=O) groups excluding carboxylic acids is 3. The number of imide groups is 1. The quantitative estimate of drug-likeness (QED) is 0.266. The lowest BCUT2D eigenvalue weighted by Crippen LogP contribution is -2.44. The van der Waals surface area contributed by atoms with Crippen LogP contribution in [0.1, 0.15) is 27.5 Å². The van der Waals surface area contributed by atoms with Crippen molar-refractivity contribution in [2.75, 3.05) is 12.0 Å². The Kier molecular flexibility index (Phi) is 5.90. The minimum Gasteiger partial charge on any atom is -0.496 e. The molecule has 3 heterocycles. The number of hydrogen-bond donors (Lipinski definition) is 0. The van der Waals surface area contributed by atoms with E-state index in [1.807, 2.05) is 41.4 Å². The lowest BCUT2D eigenvalue weighted by Gasteiger charge is -2.35. The summed E-state index contributed by atoms with van der Waals surface area (Å²) in [5, 5.41) is 0.617. The first-order valence-electron chi connectivity index (χ1n) is 11.6. The van der Waals surface area contributed by atoms with Crippen LogP contribution < -0.4 is 9.64 Å². The largest absolute Gasteiger partial charge is 0.496 e. The maximum atomic E-state index is 14.1. The fourth-order valence-electron chi connectivity index (χ4n) is 5.77. The van der Waals surface area contributed by atoms with Crippen molar-refractivity contribution in [3.05, 3.63) is 98.1 Å². The molecule has 0 spiro atoms. The third kappa shape index (κ3) is 3.71. The molecule has 3 aliphatic heterocycles. The van der Waals surface area contributed by atoms with E-state index < -0.39 is 29.8 Å². The molecule has 2 fully saturated rings. The Hall–Kier alpha value is -3.13. The summed E-state index contributed by atoms with van der Waals surface area (Å²) >= 11 is 15.8. The van der Waals surface area contributed by atoms with Gasteiger partial charge in [0.1, 0.15) is 11.8 Å². The van der Waals surface area contributed by atoms with Gasteiger partial charge in [-0.1, -0.05) is 47.5 Å². The highest BCUT2D eigenvalue weighted by Crippen LogP contribution is 2.54. The Balaban J connectivity index is 1.49.